The summed E-state index contributed by atoms with van der Waals surface area (Å²) in [5.74, 6) is 0.129. The van der Waals surface area contributed by atoms with E-state index >= 15 is 0 Å². The summed E-state index contributed by atoms with van der Waals surface area (Å²) in [4.78, 5) is 25.8. The number of rotatable bonds is 2. The Kier molecular flexibility index (Phi) is 3.74. The fraction of sp³-hybridized carbons (Fsp3) is 0.857. The zero-order chi connectivity index (χ0) is 14.2. The van der Waals surface area contributed by atoms with Crippen LogP contribution in [0.3, 0.4) is 0 Å². The maximum absolute atomic E-state index is 12.3. The molecule has 19 heavy (non-hydrogen) atoms. The summed E-state index contributed by atoms with van der Waals surface area (Å²) in [7, 11) is 0. The summed E-state index contributed by atoms with van der Waals surface area (Å²) in [5, 5.41) is 0. The van der Waals surface area contributed by atoms with Crippen molar-refractivity contribution in [3.8, 4) is 0 Å². The molecule has 0 aromatic carbocycles. The zero-order valence-corrected chi connectivity index (χ0v) is 12.1. The van der Waals surface area contributed by atoms with E-state index in [4.69, 9.17) is 9.47 Å². The van der Waals surface area contributed by atoms with E-state index in [9.17, 15) is 9.59 Å². The van der Waals surface area contributed by atoms with E-state index in [0.717, 1.165) is 12.8 Å². The van der Waals surface area contributed by atoms with Gasteiger partial charge in [-0.05, 0) is 52.9 Å². The minimum absolute atomic E-state index is 0.157. The number of nitrogens with zero attached hydrogens (tertiary/aromatic N) is 1. The van der Waals surface area contributed by atoms with Crippen LogP contribution in [-0.2, 0) is 14.3 Å². The molecule has 0 N–H and O–H groups in total. The predicted molar refractivity (Wildman–Crippen MR) is 69.6 cm³/mol. The molecule has 0 bridgehead atoms. The lowest BCUT2D eigenvalue weighted by Crippen LogP contribution is -2.50. The molecule has 2 aliphatic rings. The Balaban J connectivity index is 2.10. The molecular weight excluding hydrogens is 246 g/mol. The Morgan fingerprint density at radius 1 is 1.26 bits per heavy atom. The minimum atomic E-state index is -0.544. The second-order valence-corrected chi connectivity index (χ2v) is 6.30. The molecule has 108 valence electrons. The molecule has 5 nitrogen and oxygen atoms in total. The number of carbonyl (C=O) groups is 2. The first-order chi connectivity index (χ1) is 8.83. The average Bonchev–Trinajstić information content (AvgIpc) is 2.49. The van der Waals surface area contributed by atoms with Gasteiger partial charge in [-0.2, -0.15) is 0 Å². The van der Waals surface area contributed by atoms with Gasteiger partial charge in [0.25, 0.3) is 0 Å². The van der Waals surface area contributed by atoms with Gasteiger partial charge in [0.15, 0.2) is 0 Å². The van der Waals surface area contributed by atoms with Crippen LogP contribution in [0.5, 0.6) is 0 Å². The Morgan fingerprint density at radius 3 is 2.42 bits per heavy atom. The molecule has 0 spiro atoms. The van der Waals surface area contributed by atoms with Gasteiger partial charge in [-0.3, -0.25) is 4.90 Å². The van der Waals surface area contributed by atoms with Crippen molar-refractivity contribution in [3.63, 3.8) is 0 Å². The van der Waals surface area contributed by atoms with Crippen LogP contribution in [-0.4, -0.2) is 41.3 Å². The van der Waals surface area contributed by atoms with Crippen molar-refractivity contribution < 1.29 is 19.1 Å². The van der Waals surface area contributed by atoms with E-state index in [-0.39, 0.29) is 12.0 Å². The lowest BCUT2D eigenvalue weighted by molar-refractivity contribution is -0.148. The van der Waals surface area contributed by atoms with Crippen molar-refractivity contribution in [2.45, 2.75) is 64.6 Å². The van der Waals surface area contributed by atoms with E-state index in [1.807, 2.05) is 20.8 Å². The molecular formula is C14H23NO4. The second-order valence-electron chi connectivity index (χ2n) is 6.30. The molecule has 1 heterocycles. The predicted octanol–water partition coefficient (Wildman–Crippen LogP) is 2.34. The van der Waals surface area contributed by atoms with Crippen LogP contribution in [0.1, 0.15) is 47.0 Å². The normalized spacial score (nSPS) is 29.5. The summed E-state index contributed by atoms with van der Waals surface area (Å²) < 4.78 is 10.5. The molecule has 3 unspecified atom stereocenters. The third-order valence-electron chi connectivity index (χ3n) is 3.76. The first-order valence-electron chi connectivity index (χ1n) is 7.01. The van der Waals surface area contributed by atoms with Crippen molar-refractivity contribution in [2.75, 3.05) is 6.61 Å². The Bertz CT molecular complexity index is 374. The lowest BCUT2D eigenvalue weighted by Gasteiger charge is -2.37. The van der Waals surface area contributed by atoms with Gasteiger partial charge in [0.05, 0.1) is 6.61 Å². The number of esters is 1. The number of ether oxygens (including phenoxy) is 2. The van der Waals surface area contributed by atoms with E-state index in [1.165, 1.54) is 0 Å². The van der Waals surface area contributed by atoms with Crippen LogP contribution in [0.4, 0.5) is 4.79 Å². The summed E-state index contributed by atoms with van der Waals surface area (Å²) in [5.41, 5.74) is -0.544. The fourth-order valence-electron chi connectivity index (χ4n) is 2.85. The molecule has 1 aliphatic carbocycles. The number of hydrogen-bond acceptors (Lipinski definition) is 4. The average molecular weight is 269 g/mol. The zero-order valence-electron chi connectivity index (χ0n) is 12.1. The van der Waals surface area contributed by atoms with Crippen LogP contribution in [0.2, 0.25) is 0 Å². The molecule has 3 atom stereocenters. The lowest BCUT2D eigenvalue weighted by atomic mass is 9.80. The molecule has 1 amide bonds. The highest BCUT2D eigenvalue weighted by Gasteiger charge is 2.52. The third kappa shape index (κ3) is 2.85. The Labute approximate surface area is 114 Å². The van der Waals surface area contributed by atoms with E-state index in [2.05, 4.69) is 0 Å². The molecule has 2 fully saturated rings. The van der Waals surface area contributed by atoms with Gasteiger partial charge in [0, 0.05) is 6.04 Å². The van der Waals surface area contributed by atoms with Crippen LogP contribution in [0.25, 0.3) is 0 Å². The summed E-state index contributed by atoms with van der Waals surface area (Å²) >= 11 is 0. The van der Waals surface area contributed by atoms with Gasteiger partial charge in [-0.1, -0.05) is 0 Å². The van der Waals surface area contributed by atoms with Crippen LogP contribution in [0, 0.1) is 5.92 Å². The highest BCUT2D eigenvalue weighted by atomic mass is 16.6. The Morgan fingerprint density at radius 2 is 1.95 bits per heavy atom. The van der Waals surface area contributed by atoms with Gasteiger partial charge in [-0.25, -0.2) is 9.59 Å². The van der Waals surface area contributed by atoms with Gasteiger partial charge in [0.2, 0.25) is 0 Å². The SMILES string of the molecule is CCOC(=O)C1CC2CCC2N1C(=O)OC(C)(C)C. The van der Waals surface area contributed by atoms with Gasteiger partial charge >= 0.3 is 12.1 Å². The van der Waals surface area contributed by atoms with Crippen LogP contribution >= 0.6 is 0 Å². The van der Waals surface area contributed by atoms with Gasteiger partial charge in [0.1, 0.15) is 11.6 Å². The first kappa shape index (κ1) is 14.2. The highest BCUT2D eigenvalue weighted by molar-refractivity contribution is 5.82. The smallest absolute Gasteiger partial charge is 0.411 e. The van der Waals surface area contributed by atoms with Crippen molar-refractivity contribution in [2.24, 2.45) is 5.92 Å². The number of amides is 1. The monoisotopic (exact) mass is 269 g/mol. The fourth-order valence-corrected chi connectivity index (χ4v) is 2.85. The van der Waals surface area contributed by atoms with Crippen molar-refractivity contribution in [3.05, 3.63) is 0 Å². The van der Waals surface area contributed by atoms with Crippen LogP contribution in [0.15, 0.2) is 0 Å². The summed E-state index contributed by atoms with van der Waals surface area (Å²) in [6.07, 6.45) is 2.36. The van der Waals surface area contributed by atoms with Crippen LogP contribution < -0.4 is 0 Å². The molecule has 0 aromatic rings. The molecule has 0 radical (unpaired) electrons. The quantitative estimate of drug-likeness (QED) is 0.722. The van der Waals surface area contributed by atoms with Crippen molar-refractivity contribution >= 4 is 12.1 Å². The molecule has 5 heteroatoms. The van der Waals surface area contributed by atoms with E-state index < -0.39 is 17.7 Å². The summed E-state index contributed by atoms with van der Waals surface area (Å²) in [6, 6.07) is -0.309. The Hall–Kier alpha value is -1.26. The van der Waals surface area contributed by atoms with E-state index in [1.54, 1.807) is 11.8 Å². The van der Waals surface area contributed by atoms with Gasteiger partial charge < -0.3 is 9.47 Å². The standard InChI is InChI=1S/C14H23NO4/c1-5-18-12(16)11-8-9-6-7-10(9)15(11)13(17)19-14(2,3)4/h9-11H,5-8H2,1-4H3. The minimum Gasteiger partial charge on any atom is -0.464 e. The van der Waals surface area contributed by atoms with Gasteiger partial charge in [-0.15, -0.1) is 0 Å². The topological polar surface area (TPSA) is 55.8 Å². The maximum Gasteiger partial charge on any atom is 0.411 e. The highest BCUT2D eigenvalue weighted by Crippen LogP contribution is 2.44. The third-order valence-corrected chi connectivity index (χ3v) is 3.76. The summed E-state index contributed by atoms with van der Waals surface area (Å²) in [6.45, 7) is 7.61. The molecule has 2 rings (SSSR count). The number of fused-ring (bicyclic) bond motifs is 1. The van der Waals surface area contributed by atoms with Crippen molar-refractivity contribution in [1.29, 1.82) is 0 Å². The molecule has 1 aliphatic heterocycles. The largest absolute Gasteiger partial charge is 0.464 e. The van der Waals surface area contributed by atoms with E-state index in [0.29, 0.717) is 18.9 Å². The molecule has 1 saturated heterocycles. The van der Waals surface area contributed by atoms with Crippen molar-refractivity contribution in [1.82, 2.24) is 4.90 Å². The maximum atomic E-state index is 12.3. The first-order valence-corrected chi connectivity index (χ1v) is 7.01. The number of hydrogen-bond donors (Lipinski definition) is 0. The number of likely N-dealkylation sites (tertiary alicyclic amines) is 1. The number of carbonyl (C=O) groups excluding carboxylic acids is 2. The molecule has 1 saturated carbocycles. The molecule has 0 aromatic heterocycles. The second kappa shape index (κ2) is 5.02.